The lowest BCUT2D eigenvalue weighted by Gasteiger charge is -2.07. The Labute approximate surface area is 120 Å². The molecule has 5 N–H and O–H groups in total. The molecular weight excluding hydrogens is 276 g/mol. The number of nitrogens with zero attached hydrogens (tertiary/aromatic N) is 2. The number of aliphatic carboxylic acids is 1. The highest BCUT2D eigenvalue weighted by Crippen LogP contribution is 2.19. The van der Waals surface area contributed by atoms with Gasteiger partial charge in [0.25, 0.3) is 0 Å². The number of fused-ring (bicyclic) bond motifs is 1. The number of anilines is 1. The van der Waals surface area contributed by atoms with Crippen LogP contribution in [0.5, 0.6) is 0 Å². The second-order valence-electron chi connectivity index (χ2n) is 4.33. The maximum atomic E-state index is 10.6. The van der Waals surface area contributed by atoms with Crippen LogP contribution in [-0.2, 0) is 10.5 Å². The number of nitrogen functional groups attached to an aromatic ring is 1. The summed E-state index contributed by atoms with van der Waals surface area (Å²) >= 11 is 1.55. The highest BCUT2D eigenvalue weighted by Gasteiger charge is 2.11. The standard InChI is InChI=1S/C13H16N4O2S/c14-9(13(18)19)5-6-20-7-11-16-10-4-2-1-3-8(10)12(15)17-11/h1-4,9H,5-7,14H2,(H,18,19)(H2,15,16,17). The van der Waals surface area contributed by atoms with Crippen molar-refractivity contribution in [1.82, 2.24) is 9.97 Å². The molecule has 0 saturated heterocycles. The van der Waals surface area contributed by atoms with Crippen LogP contribution >= 0.6 is 11.8 Å². The molecule has 0 fully saturated rings. The van der Waals surface area contributed by atoms with Crippen LogP contribution < -0.4 is 11.5 Å². The Morgan fingerprint density at radius 3 is 2.85 bits per heavy atom. The molecule has 1 aromatic carbocycles. The topological polar surface area (TPSA) is 115 Å². The monoisotopic (exact) mass is 292 g/mol. The third-order valence-electron chi connectivity index (χ3n) is 2.80. The van der Waals surface area contributed by atoms with E-state index in [1.54, 1.807) is 11.8 Å². The van der Waals surface area contributed by atoms with E-state index in [0.29, 0.717) is 29.6 Å². The van der Waals surface area contributed by atoms with Crippen LogP contribution in [0, 0.1) is 0 Å². The Morgan fingerprint density at radius 2 is 2.10 bits per heavy atom. The lowest BCUT2D eigenvalue weighted by molar-refractivity contribution is -0.138. The fourth-order valence-corrected chi connectivity index (χ4v) is 2.59. The van der Waals surface area contributed by atoms with Gasteiger partial charge in [0.1, 0.15) is 17.7 Å². The number of hydrogen-bond acceptors (Lipinski definition) is 6. The molecule has 0 aliphatic heterocycles. The number of para-hydroxylation sites is 1. The molecule has 2 rings (SSSR count). The van der Waals surface area contributed by atoms with E-state index in [4.69, 9.17) is 16.6 Å². The van der Waals surface area contributed by atoms with E-state index in [1.165, 1.54) is 0 Å². The highest BCUT2D eigenvalue weighted by molar-refractivity contribution is 7.98. The number of aromatic nitrogens is 2. The fourth-order valence-electron chi connectivity index (χ4n) is 1.71. The Hall–Kier alpha value is -1.86. The number of benzene rings is 1. The Balaban J connectivity index is 1.95. The maximum absolute atomic E-state index is 10.6. The molecule has 2 aromatic rings. The van der Waals surface area contributed by atoms with Crippen molar-refractivity contribution in [2.75, 3.05) is 11.5 Å². The van der Waals surface area contributed by atoms with Crippen molar-refractivity contribution in [2.24, 2.45) is 5.73 Å². The first-order chi connectivity index (χ1) is 9.58. The van der Waals surface area contributed by atoms with E-state index in [1.807, 2.05) is 24.3 Å². The molecule has 6 nitrogen and oxygen atoms in total. The first-order valence-electron chi connectivity index (χ1n) is 6.15. The van der Waals surface area contributed by atoms with Gasteiger partial charge in [-0.1, -0.05) is 12.1 Å². The fraction of sp³-hybridized carbons (Fsp3) is 0.308. The number of rotatable bonds is 6. The molecule has 1 heterocycles. The van der Waals surface area contributed by atoms with Crippen LogP contribution in [0.4, 0.5) is 5.82 Å². The average Bonchev–Trinajstić information content (AvgIpc) is 2.43. The number of carbonyl (C=O) groups is 1. The molecule has 20 heavy (non-hydrogen) atoms. The molecular formula is C13H16N4O2S. The van der Waals surface area contributed by atoms with Crippen molar-refractivity contribution >= 4 is 34.5 Å². The van der Waals surface area contributed by atoms with Gasteiger partial charge in [0, 0.05) is 5.39 Å². The van der Waals surface area contributed by atoms with E-state index in [2.05, 4.69) is 9.97 Å². The molecule has 106 valence electrons. The minimum Gasteiger partial charge on any atom is -0.480 e. The smallest absolute Gasteiger partial charge is 0.320 e. The SMILES string of the molecule is Nc1nc(CSCCC(N)C(=O)O)nc2ccccc12. The van der Waals surface area contributed by atoms with Crippen molar-refractivity contribution in [1.29, 1.82) is 0 Å². The van der Waals surface area contributed by atoms with E-state index >= 15 is 0 Å². The van der Waals surface area contributed by atoms with Crippen LogP contribution in [0.25, 0.3) is 10.9 Å². The molecule has 0 saturated carbocycles. The summed E-state index contributed by atoms with van der Waals surface area (Å²) in [6, 6.07) is 6.75. The molecule has 1 unspecified atom stereocenters. The van der Waals surface area contributed by atoms with Gasteiger partial charge >= 0.3 is 5.97 Å². The van der Waals surface area contributed by atoms with E-state index in [9.17, 15) is 4.79 Å². The zero-order valence-electron chi connectivity index (χ0n) is 10.8. The van der Waals surface area contributed by atoms with E-state index < -0.39 is 12.0 Å². The van der Waals surface area contributed by atoms with E-state index in [-0.39, 0.29) is 0 Å². The summed E-state index contributed by atoms with van der Waals surface area (Å²) in [5.74, 6) is 1.37. The lowest BCUT2D eigenvalue weighted by atomic mass is 10.2. The second kappa shape index (κ2) is 6.53. The first kappa shape index (κ1) is 14.5. The summed E-state index contributed by atoms with van der Waals surface area (Å²) in [6.07, 6.45) is 0.420. The van der Waals surface area contributed by atoms with Gasteiger partial charge in [-0.05, 0) is 24.3 Å². The van der Waals surface area contributed by atoms with Gasteiger partial charge in [-0.15, -0.1) is 0 Å². The molecule has 7 heteroatoms. The Bertz CT molecular complexity index is 620. The summed E-state index contributed by atoms with van der Waals surface area (Å²) in [5, 5.41) is 9.52. The predicted octanol–water partition coefficient (Wildman–Crippen LogP) is 1.25. The quantitative estimate of drug-likeness (QED) is 0.686. The van der Waals surface area contributed by atoms with Crippen molar-refractivity contribution in [3.63, 3.8) is 0 Å². The average molecular weight is 292 g/mol. The van der Waals surface area contributed by atoms with Crippen molar-refractivity contribution < 1.29 is 9.90 Å². The van der Waals surface area contributed by atoms with Crippen LogP contribution in [0.15, 0.2) is 24.3 Å². The summed E-state index contributed by atoms with van der Waals surface area (Å²) in [5.41, 5.74) is 12.1. The minimum atomic E-state index is -0.975. The normalized spacial score (nSPS) is 12.4. The van der Waals surface area contributed by atoms with Gasteiger partial charge in [0.15, 0.2) is 0 Å². The molecule has 0 spiro atoms. The van der Waals surface area contributed by atoms with Crippen LogP contribution in [-0.4, -0.2) is 32.8 Å². The zero-order valence-corrected chi connectivity index (χ0v) is 11.6. The molecule has 0 bridgehead atoms. The van der Waals surface area contributed by atoms with Crippen molar-refractivity contribution in [2.45, 2.75) is 18.2 Å². The van der Waals surface area contributed by atoms with Crippen molar-refractivity contribution in [3.05, 3.63) is 30.1 Å². The molecule has 0 aliphatic rings. The van der Waals surface area contributed by atoms with Gasteiger partial charge in [-0.2, -0.15) is 11.8 Å². The maximum Gasteiger partial charge on any atom is 0.320 e. The minimum absolute atomic E-state index is 0.420. The Morgan fingerprint density at radius 1 is 1.35 bits per heavy atom. The summed E-state index contributed by atoms with van der Waals surface area (Å²) in [4.78, 5) is 19.3. The van der Waals surface area contributed by atoms with Crippen LogP contribution in [0.1, 0.15) is 12.2 Å². The van der Waals surface area contributed by atoms with Gasteiger partial charge in [0.05, 0.1) is 11.3 Å². The largest absolute Gasteiger partial charge is 0.480 e. The molecule has 1 atom stereocenters. The highest BCUT2D eigenvalue weighted by atomic mass is 32.2. The zero-order chi connectivity index (χ0) is 14.5. The Kier molecular flexibility index (Phi) is 4.75. The number of carboxylic acids is 1. The summed E-state index contributed by atoms with van der Waals surface area (Å²) < 4.78 is 0. The number of hydrogen-bond donors (Lipinski definition) is 3. The second-order valence-corrected chi connectivity index (χ2v) is 5.43. The van der Waals surface area contributed by atoms with Crippen molar-refractivity contribution in [3.8, 4) is 0 Å². The predicted molar refractivity (Wildman–Crippen MR) is 80.3 cm³/mol. The van der Waals surface area contributed by atoms with Crippen LogP contribution in [0.3, 0.4) is 0 Å². The summed E-state index contributed by atoms with van der Waals surface area (Å²) in [6.45, 7) is 0. The molecule has 0 aliphatic carbocycles. The lowest BCUT2D eigenvalue weighted by Crippen LogP contribution is -2.30. The van der Waals surface area contributed by atoms with Crippen LogP contribution in [0.2, 0.25) is 0 Å². The molecule has 0 radical (unpaired) electrons. The van der Waals surface area contributed by atoms with Gasteiger partial charge in [0.2, 0.25) is 0 Å². The van der Waals surface area contributed by atoms with Gasteiger partial charge in [-0.25, -0.2) is 9.97 Å². The summed E-state index contributed by atoms with van der Waals surface area (Å²) in [7, 11) is 0. The third kappa shape index (κ3) is 3.58. The van der Waals surface area contributed by atoms with Gasteiger partial charge in [-0.3, -0.25) is 4.79 Å². The molecule has 1 aromatic heterocycles. The number of nitrogens with two attached hydrogens (primary N) is 2. The third-order valence-corrected chi connectivity index (χ3v) is 3.79. The van der Waals surface area contributed by atoms with E-state index in [0.717, 1.165) is 10.9 Å². The molecule has 0 amide bonds. The number of carboxylic acid groups (broad SMARTS) is 1. The van der Waals surface area contributed by atoms with Gasteiger partial charge < -0.3 is 16.6 Å². The number of thioether (sulfide) groups is 1. The first-order valence-corrected chi connectivity index (χ1v) is 7.30.